The van der Waals surface area contributed by atoms with E-state index in [0.29, 0.717) is 5.75 Å². The molecule has 112 valence electrons. The predicted octanol–water partition coefficient (Wildman–Crippen LogP) is 5.47. The molecule has 0 amide bonds. The monoisotopic (exact) mass is 282 g/mol. The predicted molar refractivity (Wildman–Crippen MR) is 79.3 cm³/mol. The highest BCUT2D eigenvalue weighted by molar-refractivity contribution is 5.21. The van der Waals surface area contributed by atoms with Crippen LogP contribution in [-0.4, -0.2) is 12.5 Å². The topological polar surface area (TPSA) is 9.23 Å². The molecule has 1 atom stereocenters. The molecular formula is C17H24F2O. The lowest BCUT2D eigenvalue weighted by atomic mass is 9.98. The van der Waals surface area contributed by atoms with Crippen LogP contribution in [0.25, 0.3) is 0 Å². The second kappa shape index (κ2) is 8.72. The van der Waals surface area contributed by atoms with E-state index in [1.165, 1.54) is 0 Å². The average molecular weight is 282 g/mol. The molecule has 0 spiro atoms. The van der Waals surface area contributed by atoms with Gasteiger partial charge in [0.25, 0.3) is 5.92 Å². The van der Waals surface area contributed by atoms with Crippen LogP contribution >= 0.6 is 0 Å². The Bertz CT molecular complexity index is 387. The summed E-state index contributed by atoms with van der Waals surface area (Å²) in [5, 5.41) is 0. The lowest BCUT2D eigenvalue weighted by Crippen LogP contribution is -2.23. The molecule has 0 aliphatic carbocycles. The number of benzene rings is 1. The Labute approximate surface area is 120 Å². The third-order valence-electron chi connectivity index (χ3n) is 3.24. The summed E-state index contributed by atoms with van der Waals surface area (Å²) in [5.74, 6) is -2.22. The minimum Gasteiger partial charge on any atom is -0.487 e. The molecule has 0 radical (unpaired) electrons. The van der Waals surface area contributed by atoms with Crippen molar-refractivity contribution >= 4 is 0 Å². The lowest BCUT2D eigenvalue weighted by Gasteiger charge is -2.15. The summed E-state index contributed by atoms with van der Waals surface area (Å²) in [7, 11) is 0. The van der Waals surface area contributed by atoms with Crippen LogP contribution in [0, 0.1) is 5.92 Å². The van der Waals surface area contributed by atoms with Crippen molar-refractivity contribution in [1.29, 1.82) is 0 Å². The molecule has 0 saturated heterocycles. The fourth-order valence-corrected chi connectivity index (χ4v) is 1.92. The first-order chi connectivity index (χ1) is 9.57. The Morgan fingerprint density at radius 1 is 1.20 bits per heavy atom. The van der Waals surface area contributed by atoms with E-state index in [4.69, 9.17) is 4.74 Å². The van der Waals surface area contributed by atoms with Crippen molar-refractivity contribution in [3.8, 4) is 5.75 Å². The van der Waals surface area contributed by atoms with E-state index < -0.39 is 12.5 Å². The van der Waals surface area contributed by atoms with Crippen LogP contribution < -0.4 is 4.74 Å². The molecule has 0 N–H and O–H groups in total. The van der Waals surface area contributed by atoms with Crippen LogP contribution in [0.15, 0.2) is 42.5 Å². The van der Waals surface area contributed by atoms with Crippen molar-refractivity contribution < 1.29 is 13.5 Å². The zero-order valence-electron chi connectivity index (χ0n) is 12.3. The summed E-state index contributed by atoms with van der Waals surface area (Å²) in [5.41, 5.74) is 0. The highest BCUT2D eigenvalue weighted by atomic mass is 19.3. The maximum Gasteiger partial charge on any atom is 0.299 e. The highest BCUT2D eigenvalue weighted by Crippen LogP contribution is 2.21. The molecule has 3 heteroatoms. The quantitative estimate of drug-likeness (QED) is 0.545. The van der Waals surface area contributed by atoms with Crippen LogP contribution in [-0.2, 0) is 0 Å². The Morgan fingerprint density at radius 3 is 2.50 bits per heavy atom. The van der Waals surface area contributed by atoms with Crippen molar-refractivity contribution in [3.05, 3.63) is 42.5 Å². The second-order valence-electron chi connectivity index (χ2n) is 5.03. The minimum atomic E-state index is -2.92. The standard InChI is InChI=1S/C17H24F2O/c1-3-5-9-15(4-2)12-13-17(18,19)14-20-16-10-7-6-8-11-16/h6-8,10-13,15H,3-5,9,14H2,1-2H3/b13-12+. The molecule has 0 heterocycles. The van der Waals surface area contributed by atoms with Gasteiger partial charge >= 0.3 is 0 Å². The van der Waals surface area contributed by atoms with Crippen molar-refractivity contribution in [3.63, 3.8) is 0 Å². The lowest BCUT2D eigenvalue weighted by molar-refractivity contribution is 0.00461. The van der Waals surface area contributed by atoms with E-state index in [0.717, 1.165) is 31.8 Å². The van der Waals surface area contributed by atoms with E-state index in [1.807, 2.05) is 13.0 Å². The van der Waals surface area contributed by atoms with E-state index in [9.17, 15) is 8.78 Å². The number of alkyl halides is 2. The third kappa shape index (κ3) is 6.69. The second-order valence-corrected chi connectivity index (χ2v) is 5.03. The number of allylic oxidation sites excluding steroid dienone is 1. The molecule has 0 aliphatic heterocycles. The summed E-state index contributed by atoms with van der Waals surface area (Å²) < 4.78 is 32.5. The number of ether oxygens (including phenoxy) is 1. The Morgan fingerprint density at radius 2 is 1.90 bits per heavy atom. The maximum absolute atomic E-state index is 13.7. The van der Waals surface area contributed by atoms with Crippen molar-refractivity contribution in [2.75, 3.05) is 6.61 Å². The first kappa shape index (κ1) is 16.7. The van der Waals surface area contributed by atoms with Gasteiger partial charge in [0.05, 0.1) is 0 Å². The molecule has 0 aromatic heterocycles. The van der Waals surface area contributed by atoms with E-state index in [-0.39, 0.29) is 5.92 Å². The fraction of sp³-hybridized carbons (Fsp3) is 0.529. The van der Waals surface area contributed by atoms with Crippen LogP contribution in [0.3, 0.4) is 0 Å². The van der Waals surface area contributed by atoms with Crippen molar-refractivity contribution in [1.82, 2.24) is 0 Å². The number of hydrogen-bond donors (Lipinski definition) is 0. The number of para-hydroxylation sites is 1. The molecule has 1 nitrogen and oxygen atoms in total. The molecule has 1 unspecified atom stereocenters. The molecule has 0 bridgehead atoms. The van der Waals surface area contributed by atoms with Gasteiger partial charge < -0.3 is 4.74 Å². The molecule has 1 aromatic carbocycles. The normalized spacial score (nSPS) is 13.6. The third-order valence-corrected chi connectivity index (χ3v) is 3.24. The smallest absolute Gasteiger partial charge is 0.299 e. The number of halogens is 2. The average Bonchev–Trinajstić information content (AvgIpc) is 2.47. The van der Waals surface area contributed by atoms with E-state index in [1.54, 1.807) is 30.3 Å². The molecule has 20 heavy (non-hydrogen) atoms. The van der Waals surface area contributed by atoms with Gasteiger partial charge in [0.2, 0.25) is 0 Å². The Kier molecular flexibility index (Phi) is 7.27. The van der Waals surface area contributed by atoms with Crippen LogP contribution in [0.2, 0.25) is 0 Å². The number of hydrogen-bond acceptors (Lipinski definition) is 1. The summed E-state index contributed by atoms with van der Waals surface area (Å²) in [6, 6.07) is 8.71. The highest BCUT2D eigenvalue weighted by Gasteiger charge is 2.26. The summed E-state index contributed by atoms with van der Waals surface area (Å²) in [6.07, 6.45) is 6.68. The number of unbranched alkanes of at least 4 members (excludes halogenated alkanes) is 1. The molecule has 0 saturated carbocycles. The van der Waals surface area contributed by atoms with E-state index >= 15 is 0 Å². The number of rotatable bonds is 9. The van der Waals surface area contributed by atoms with Gasteiger partial charge in [-0.1, -0.05) is 51.0 Å². The van der Waals surface area contributed by atoms with Crippen LogP contribution in [0.1, 0.15) is 39.5 Å². The summed E-state index contributed by atoms with van der Waals surface area (Å²) >= 11 is 0. The Hall–Kier alpha value is -1.38. The molecule has 1 rings (SSSR count). The zero-order valence-corrected chi connectivity index (χ0v) is 12.3. The van der Waals surface area contributed by atoms with Gasteiger partial charge in [0.15, 0.2) is 6.61 Å². The maximum atomic E-state index is 13.7. The molecule has 1 aromatic rings. The fourth-order valence-electron chi connectivity index (χ4n) is 1.92. The van der Waals surface area contributed by atoms with Gasteiger partial charge in [0, 0.05) is 0 Å². The van der Waals surface area contributed by atoms with Gasteiger partial charge in [-0.15, -0.1) is 0 Å². The summed E-state index contributed by atoms with van der Waals surface area (Å²) in [4.78, 5) is 0. The first-order valence-electron chi connectivity index (χ1n) is 7.32. The van der Waals surface area contributed by atoms with Crippen molar-refractivity contribution in [2.24, 2.45) is 5.92 Å². The van der Waals surface area contributed by atoms with E-state index in [2.05, 4.69) is 6.92 Å². The first-order valence-corrected chi connectivity index (χ1v) is 7.32. The molecule has 0 aliphatic rings. The molecular weight excluding hydrogens is 258 g/mol. The molecule has 0 fully saturated rings. The van der Waals surface area contributed by atoms with Crippen LogP contribution in [0.4, 0.5) is 8.78 Å². The van der Waals surface area contributed by atoms with Gasteiger partial charge in [-0.2, -0.15) is 8.78 Å². The van der Waals surface area contributed by atoms with Gasteiger partial charge in [0.1, 0.15) is 5.75 Å². The largest absolute Gasteiger partial charge is 0.487 e. The minimum absolute atomic E-state index is 0.234. The SMILES string of the molecule is CCCCC(/C=C/C(F)(F)COc1ccccc1)CC. The Balaban J connectivity index is 2.46. The van der Waals surface area contributed by atoms with Gasteiger partial charge in [-0.25, -0.2) is 0 Å². The van der Waals surface area contributed by atoms with Gasteiger partial charge in [-0.05, 0) is 37.0 Å². The van der Waals surface area contributed by atoms with Gasteiger partial charge in [-0.3, -0.25) is 0 Å². The zero-order chi connectivity index (χ0) is 14.8. The van der Waals surface area contributed by atoms with Crippen molar-refractivity contribution in [2.45, 2.75) is 45.5 Å². The summed E-state index contributed by atoms with van der Waals surface area (Å²) in [6.45, 7) is 3.53. The van der Waals surface area contributed by atoms with Crippen LogP contribution in [0.5, 0.6) is 5.75 Å².